The maximum absolute atomic E-state index is 11.9. The third-order valence-corrected chi connectivity index (χ3v) is 2.31. The largest absolute Gasteiger partial charge is 0.380 e. The van der Waals surface area contributed by atoms with Gasteiger partial charge in [0.2, 0.25) is 0 Å². The molecule has 0 aromatic carbocycles. The molecule has 1 heterocycles. The van der Waals surface area contributed by atoms with Crippen LogP contribution in [0.4, 0.5) is 5.82 Å². The quantitative estimate of drug-likeness (QED) is 0.722. The molecule has 18 heavy (non-hydrogen) atoms. The van der Waals surface area contributed by atoms with Crippen molar-refractivity contribution in [2.45, 2.75) is 20.8 Å². The summed E-state index contributed by atoms with van der Waals surface area (Å²) in [6, 6.07) is 3.53. The molecule has 0 saturated carbocycles. The Bertz CT molecular complexity index is 394. The highest BCUT2D eigenvalue weighted by atomic mass is 16.5. The number of hydrogen-bond acceptors (Lipinski definition) is 4. The predicted octanol–water partition coefficient (Wildman–Crippen LogP) is 1.59. The van der Waals surface area contributed by atoms with Gasteiger partial charge in [-0.2, -0.15) is 0 Å². The van der Waals surface area contributed by atoms with Crippen molar-refractivity contribution >= 4 is 11.7 Å². The molecule has 0 radical (unpaired) electrons. The SMILES string of the molecule is CCNc1cc(C(=O)NCCOCC)cc(C)n1. The fourth-order valence-electron chi connectivity index (χ4n) is 1.55. The summed E-state index contributed by atoms with van der Waals surface area (Å²) in [5, 5.41) is 5.92. The van der Waals surface area contributed by atoms with Gasteiger partial charge < -0.3 is 15.4 Å². The van der Waals surface area contributed by atoms with E-state index in [1.54, 1.807) is 12.1 Å². The van der Waals surface area contributed by atoms with Crippen molar-refractivity contribution in [2.24, 2.45) is 0 Å². The van der Waals surface area contributed by atoms with Crippen LogP contribution in [0.3, 0.4) is 0 Å². The first-order valence-electron chi connectivity index (χ1n) is 6.25. The maximum atomic E-state index is 11.9. The molecule has 5 heteroatoms. The lowest BCUT2D eigenvalue weighted by molar-refractivity contribution is 0.0922. The van der Waals surface area contributed by atoms with Crippen molar-refractivity contribution in [1.29, 1.82) is 0 Å². The number of pyridine rings is 1. The van der Waals surface area contributed by atoms with Crippen LogP contribution < -0.4 is 10.6 Å². The minimum Gasteiger partial charge on any atom is -0.380 e. The standard InChI is InChI=1S/C13H21N3O2/c1-4-14-12-9-11(8-10(3)16-12)13(17)15-6-7-18-5-2/h8-9H,4-7H2,1-3H3,(H,14,16)(H,15,17). The van der Waals surface area contributed by atoms with Gasteiger partial charge in [-0.25, -0.2) is 4.98 Å². The third kappa shape index (κ3) is 4.71. The number of carbonyl (C=O) groups excluding carboxylic acids is 1. The van der Waals surface area contributed by atoms with E-state index < -0.39 is 0 Å². The number of nitrogens with one attached hydrogen (secondary N) is 2. The summed E-state index contributed by atoms with van der Waals surface area (Å²) in [6.45, 7) is 8.29. The van der Waals surface area contributed by atoms with Gasteiger partial charge in [0, 0.05) is 31.0 Å². The number of aromatic nitrogens is 1. The molecule has 0 saturated heterocycles. The van der Waals surface area contributed by atoms with E-state index in [0.29, 0.717) is 25.3 Å². The highest BCUT2D eigenvalue weighted by Crippen LogP contribution is 2.09. The highest BCUT2D eigenvalue weighted by Gasteiger charge is 2.07. The van der Waals surface area contributed by atoms with Crippen LogP contribution in [0.15, 0.2) is 12.1 Å². The predicted molar refractivity (Wildman–Crippen MR) is 72.0 cm³/mol. The number of aryl methyl sites for hydroxylation is 1. The van der Waals surface area contributed by atoms with E-state index in [1.807, 2.05) is 20.8 Å². The first kappa shape index (κ1) is 14.4. The Kier molecular flexibility index (Phi) is 6.14. The van der Waals surface area contributed by atoms with Gasteiger partial charge in [0.05, 0.1) is 6.61 Å². The highest BCUT2D eigenvalue weighted by molar-refractivity contribution is 5.94. The van der Waals surface area contributed by atoms with Gasteiger partial charge in [-0.1, -0.05) is 0 Å². The number of nitrogens with zero attached hydrogens (tertiary/aromatic N) is 1. The van der Waals surface area contributed by atoms with Gasteiger partial charge in [-0.15, -0.1) is 0 Å². The summed E-state index contributed by atoms with van der Waals surface area (Å²) in [7, 11) is 0. The van der Waals surface area contributed by atoms with Crippen LogP contribution in [0, 0.1) is 6.92 Å². The molecular weight excluding hydrogens is 230 g/mol. The number of anilines is 1. The second-order valence-electron chi connectivity index (χ2n) is 3.87. The molecule has 100 valence electrons. The van der Waals surface area contributed by atoms with Crippen LogP contribution in [0.5, 0.6) is 0 Å². The van der Waals surface area contributed by atoms with E-state index in [1.165, 1.54) is 0 Å². The molecule has 1 amide bonds. The van der Waals surface area contributed by atoms with Crippen LogP contribution in [-0.4, -0.2) is 37.2 Å². The lowest BCUT2D eigenvalue weighted by Gasteiger charge is -2.08. The topological polar surface area (TPSA) is 63.2 Å². The van der Waals surface area contributed by atoms with Crippen molar-refractivity contribution in [3.8, 4) is 0 Å². The summed E-state index contributed by atoms with van der Waals surface area (Å²) in [5.74, 6) is 0.631. The summed E-state index contributed by atoms with van der Waals surface area (Å²) < 4.78 is 5.17. The fraction of sp³-hybridized carbons (Fsp3) is 0.538. The zero-order chi connectivity index (χ0) is 13.4. The minimum absolute atomic E-state index is 0.0978. The van der Waals surface area contributed by atoms with Crippen LogP contribution in [0.1, 0.15) is 29.9 Å². The molecule has 0 spiro atoms. The second-order valence-corrected chi connectivity index (χ2v) is 3.87. The molecular formula is C13H21N3O2. The number of amides is 1. The molecule has 5 nitrogen and oxygen atoms in total. The van der Waals surface area contributed by atoms with Crippen molar-refractivity contribution in [1.82, 2.24) is 10.3 Å². The van der Waals surface area contributed by atoms with Gasteiger partial charge in [-0.3, -0.25) is 4.79 Å². The van der Waals surface area contributed by atoms with E-state index in [2.05, 4.69) is 15.6 Å². The molecule has 1 rings (SSSR count). The van der Waals surface area contributed by atoms with Crippen molar-refractivity contribution in [2.75, 3.05) is 31.6 Å². The Balaban J connectivity index is 2.61. The smallest absolute Gasteiger partial charge is 0.251 e. The minimum atomic E-state index is -0.0978. The molecule has 0 aliphatic heterocycles. The van der Waals surface area contributed by atoms with Crippen molar-refractivity contribution in [3.05, 3.63) is 23.4 Å². The van der Waals surface area contributed by atoms with Gasteiger partial charge in [0.25, 0.3) is 5.91 Å². The first-order chi connectivity index (χ1) is 8.67. The summed E-state index contributed by atoms with van der Waals surface area (Å²) in [6.07, 6.45) is 0. The molecule has 0 aliphatic rings. The van der Waals surface area contributed by atoms with Crippen molar-refractivity contribution in [3.63, 3.8) is 0 Å². The number of rotatable bonds is 7. The summed E-state index contributed by atoms with van der Waals surface area (Å²) in [5.41, 5.74) is 1.44. The van der Waals surface area contributed by atoms with E-state index in [4.69, 9.17) is 4.74 Å². The molecule has 0 unspecified atom stereocenters. The van der Waals surface area contributed by atoms with Crippen molar-refractivity contribution < 1.29 is 9.53 Å². The third-order valence-electron chi connectivity index (χ3n) is 2.31. The zero-order valence-electron chi connectivity index (χ0n) is 11.2. The monoisotopic (exact) mass is 251 g/mol. The number of ether oxygens (including phenoxy) is 1. The molecule has 1 aromatic rings. The Hall–Kier alpha value is -1.62. The Labute approximate surface area is 108 Å². The van der Waals surface area contributed by atoms with E-state index >= 15 is 0 Å². The van der Waals surface area contributed by atoms with Crippen LogP contribution >= 0.6 is 0 Å². The summed E-state index contributed by atoms with van der Waals surface area (Å²) in [4.78, 5) is 16.2. The molecule has 1 aromatic heterocycles. The second kappa shape index (κ2) is 7.66. The van der Waals surface area contributed by atoms with Gasteiger partial charge in [-0.05, 0) is 32.9 Å². The summed E-state index contributed by atoms with van der Waals surface area (Å²) >= 11 is 0. The molecule has 0 aliphatic carbocycles. The Morgan fingerprint density at radius 2 is 2.17 bits per heavy atom. The van der Waals surface area contributed by atoms with E-state index in [0.717, 1.165) is 18.1 Å². The lowest BCUT2D eigenvalue weighted by Crippen LogP contribution is -2.27. The number of hydrogen-bond donors (Lipinski definition) is 2. The maximum Gasteiger partial charge on any atom is 0.251 e. The molecule has 0 fully saturated rings. The molecule has 0 atom stereocenters. The van der Waals surface area contributed by atoms with Crippen LogP contribution in [-0.2, 0) is 4.74 Å². The fourth-order valence-corrected chi connectivity index (χ4v) is 1.55. The Morgan fingerprint density at radius 3 is 2.83 bits per heavy atom. The van der Waals surface area contributed by atoms with Gasteiger partial charge in [0.15, 0.2) is 0 Å². The first-order valence-corrected chi connectivity index (χ1v) is 6.25. The van der Waals surface area contributed by atoms with E-state index in [9.17, 15) is 4.79 Å². The Morgan fingerprint density at radius 1 is 1.39 bits per heavy atom. The normalized spacial score (nSPS) is 10.2. The van der Waals surface area contributed by atoms with E-state index in [-0.39, 0.29) is 5.91 Å². The van der Waals surface area contributed by atoms with Gasteiger partial charge >= 0.3 is 0 Å². The average Bonchev–Trinajstić information content (AvgIpc) is 2.34. The zero-order valence-corrected chi connectivity index (χ0v) is 11.2. The number of carbonyl (C=O) groups is 1. The van der Waals surface area contributed by atoms with Crippen LogP contribution in [0.25, 0.3) is 0 Å². The average molecular weight is 251 g/mol. The molecule has 0 bridgehead atoms. The lowest BCUT2D eigenvalue weighted by atomic mass is 10.2. The molecule has 2 N–H and O–H groups in total. The van der Waals surface area contributed by atoms with Gasteiger partial charge in [0.1, 0.15) is 5.82 Å². The van der Waals surface area contributed by atoms with Crippen LogP contribution in [0.2, 0.25) is 0 Å².